The second kappa shape index (κ2) is 7.64. The third kappa shape index (κ3) is 4.10. The first-order valence-corrected chi connectivity index (χ1v) is 10.4. The Balaban J connectivity index is 1.50. The molecule has 0 aliphatic heterocycles. The van der Waals surface area contributed by atoms with Crippen LogP contribution in [0.2, 0.25) is 5.02 Å². The lowest BCUT2D eigenvalue weighted by atomic mass is 10.3. The van der Waals surface area contributed by atoms with Crippen LogP contribution >= 0.6 is 34.3 Å². The van der Waals surface area contributed by atoms with Gasteiger partial charge in [0.2, 0.25) is 5.91 Å². The van der Waals surface area contributed by atoms with Crippen molar-refractivity contribution in [3.63, 3.8) is 0 Å². The van der Waals surface area contributed by atoms with Gasteiger partial charge in [0.1, 0.15) is 10.8 Å². The Morgan fingerprint density at radius 2 is 2.15 bits per heavy atom. The number of carbonyl (C=O) groups excluding carboxylic acids is 1. The Labute approximate surface area is 169 Å². The highest BCUT2D eigenvalue weighted by molar-refractivity contribution is 7.14. The predicted molar refractivity (Wildman–Crippen MR) is 111 cm³/mol. The highest BCUT2D eigenvalue weighted by Crippen LogP contribution is 2.26. The van der Waals surface area contributed by atoms with Crippen LogP contribution in [-0.2, 0) is 11.2 Å². The van der Waals surface area contributed by atoms with Gasteiger partial charge in [0.15, 0.2) is 0 Å². The van der Waals surface area contributed by atoms with Gasteiger partial charge >= 0.3 is 0 Å². The van der Waals surface area contributed by atoms with Crippen LogP contribution in [0.15, 0.2) is 52.5 Å². The van der Waals surface area contributed by atoms with Crippen LogP contribution in [0.1, 0.15) is 11.4 Å². The van der Waals surface area contributed by atoms with E-state index in [2.05, 4.69) is 20.8 Å². The maximum Gasteiger partial charge on any atom is 0.231 e. The van der Waals surface area contributed by atoms with Gasteiger partial charge in [0, 0.05) is 27.4 Å². The molecule has 8 heteroatoms. The Morgan fingerprint density at radius 1 is 1.26 bits per heavy atom. The number of aromatic nitrogens is 3. The lowest BCUT2D eigenvalue weighted by Gasteiger charge is -2.08. The van der Waals surface area contributed by atoms with E-state index in [1.54, 1.807) is 39.5 Å². The number of anilines is 1. The van der Waals surface area contributed by atoms with E-state index in [4.69, 9.17) is 11.6 Å². The van der Waals surface area contributed by atoms with Gasteiger partial charge in [-0.3, -0.25) is 4.79 Å². The van der Waals surface area contributed by atoms with Gasteiger partial charge in [0.25, 0.3) is 0 Å². The number of thiophene rings is 1. The van der Waals surface area contributed by atoms with E-state index in [0.29, 0.717) is 10.8 Å². The average molecular weight is 415 g/mol. The minimum absolute atomic E-state index is 0.139. The van der Waals surface area contributed by atoms with Crippen molar-refractivity contribution < 1.29 is 4.79 Å². The van der Waals surface area contributed by atoms with Crippen LogP contribution in [0.25, 0.3) is 16.3 Å². The number of rotatable bonds is 5. The molecular formula is C19H15ClN4OS2. The highest BCUT2D eigenvalue weighted by atomic mass is 35.5. The van der Waals surface area contributed by atoms with E-state index in [1.807, 2.05) is 41.9 Å². The molecule has 0 bridgehead atoms. The monoisotopic (exact) mass is 414 g/mol. The Morgan fingerprint density at radius 3 is 2.93 bits per heavy atom. The summed E-state index contributed by atoms with van der Waals surface area (Å²) < 4.78 is 1.68. The zero-order chi connectivity index (χ0) is 18.8. The molecule has 0 radical (unpaired) electrons. The average Bonchev–Trinajstić information content (AvgIpc) is 3.35. The van der Waals surface area contributed by atoms with Crippen molar-refractivity contribution in [1.29, 1.82) is 0 Å². The molecule has 0 unspecified atom stereocenters. The summed E-state index contributed by atoms with van der Waals surface area (Å²) in [7, 11) is 0. The van der Waals surface area contributed by atoms with Crippen LogP contribution in [0, 0.1) is 6.92 Å². The molecular weight excluding hydrogens is 400 g/mol. The molecule has 0 spiro atoms. The second-order valence-electron chi connectivity index (χ2n) is 5.94. The number of hydrogen-bond acceptors (Lipinski definition) is 5. The van der Waals surface area contributed by atoms with Gasteiger partial charge in [-0.1, -0.05) is 17.7 Å². The summed E-state index contributed by atoms with van der Waals surface area (Å²) in [5, 5.41) is 14.9. The summed E-state index contributed by atoms with van der Waals surface area (Å²) in [6.07, 6.45) is 0.209. The topological polar surface area (TPSA) is 59.8 Å². The molecule has 4 aromatic rings. The predicted octanol–water partition coefficient (Wildman–Crippen LogP) is 5.20. The number of hydrogen-bond donors (Lipinski definition) is 1. The molecule has 1 aromatic carbocycles. The molecule has 3 aromatic heterocycles. The first-order chi connectivity index (χ1) is 13.1. The van der Waals surface area contributed by atoms with Gasteiger partial charge in [-0.2, -0.15) is 16.4 Å². The van der Waals surface area contributed by atoms with Crippen LogP contribution in [0.3, 0.4) is 0 Å². The van der Waals surface area contributed by atoms with E-state index < -0.39 is 0 Å². The van der Waals surface area contributed by atoms with Crippen molar-refractivity contribution in [3.8, 4) is 16.3 Å². The minimum atomic E-state index is -0.139. The summed E-state index contributed by atoms with van der Waals surface area (Å²) in [6.45, 7) is 1.88. The summed E-state index contributed by atoms with van der Waals surface area (Å²) in [5.41, 5.74) is 3.44. The number of nitrogens with one attached hydrogen (secondary N) is 1. The fraction of sp³-hybridized carbons (Fsp3) is 0.105. The van der Waals surface area contributed by atoms with E-state index in [-0.39, 0.29) is 12.3 Å². The van der Waals surface area contributed by atoms with Crippen LogP contribution in [-0.4, -0.2) is 20.7 Å². The molecule has 0 atom stereocenters. The number of carbonyl (C=O) groups is 1. The van der Waals surface area contributed by atoms with Gasteiger partial charge < -0.3 is 5.32 Å². The Kier molecular flexibility index (Phi) is 5.07. The molecule has 0 aliphatic carbocycles. The summed E-state index contributed by atoms with van der Waals surface area (Å²) in [4.78, 5) is 17.1. The summed E-state index contributed by atoms with van der Waals surface area (Å²) in [5.74, 6) is 0.466. The highest BCUT2D eigenvalue weighted by Gasteiger charge is 2.14. The number of nitrogens with zero attached hydrogens (tertiary/aromatic N) is 3. The molecule has 136 valence electrons. The van der Waals surface area contributed by atoms with Crippen molar-refractivity contribution in [1.82, 2.24) is 14.8 Å². The standard InChI is InChI=1S/C19H15ClN4OS2/c1-12-7-17(24(23-12)16-4-2-3-14(20)8-16)22-18(25)9-15-11-27-19(21-15)13-5-6-26-10-13/h2-8,10-11H,9H2,1H3,(H,22,25). The quantitative estimate of drug-likeness (QED) is 0.488. The van der Waals surface area contributed by atoms with E-state index in [9.17, 15) is 4.79 Å². The first kappa shape index (κ1) is 17.9. The fourth-order valence-corrected chi connectivity index (χ4v) is 4.37. The maximum absolute atomic E-state index is 12.5. The number of halogens is 1. The van der Waals surface area contributed by atoms with Crippen molar-refractivity contribution in [2.75, 3.05) is 5.32 Å². The Bertz CT molecular complexity index is 1090. The number of aryl methyl sites for hydroxylation is 1. The minimum Gasteiger partial charge on any atom is -0.310 e. The van der Waals surface area contributed by atoms with E-state index in [0.717, 1.165) is 27.6 Å². The molecule has 1 N–H and O–H groups in total. The molecule has 3 heterocycles. The fourth-order valence-electron chi connectivity index (χ4n) is 2.65. The lowest BCUT2D eigenvalue weighted by Crippen LogP contribution is -2.17. The number of benzene rings is 1. The third-order valence-corrected chi connectivity index (χ3v) is 5.67. The van der Waals surface area contributed by atoms with Crippen LogP contribution < -0.4 is 5.32 Å². The van der Waals surface area contributed by atoms with Gasteiger partial charge in [0.05, 0.1) is 23.5 Å². The van der Waals surface area contributed by atoms with Crippen LogP contribution in [0.4, 0.5) is 5.82 Å². The smallest absolute Gasteiger partial charge is 0.231 e. The van der Waals surface area contributed by atoms with Gasteiger partial charge in [-0.15, -0.1) is 11.3 Å². The SMILES string of the molecule is Cc1cc(NC(=O)Cc2csc(-c3ccsc3)n2)n(-c2cccc(Cl)c2)n1. The van der Waals surface area contributed by atoms with E-state index in [1.165, 1.54) is 0 Å². The third-order valence-electron chi connectivity index (χ3n) is 3.81. The van der Waals surface area contributed by atoms with Crippen molar-refractivity contribution in [2.24, 2.45) is 0 Å². The van der Waals surface area contributed by atoms with Gasteiger partial charge in [-0.05, 0) is 36.6 Å². The molecule has 0 fully saturated rings. The zero-order valence-corrected chi connectivity index (χ0v) is 16.7. The molecule has 4 rings (SSSR count). The molecule has 27 heavy (non-hydrogen) atoms. The molecule has 0 aliphatic rings. The van der Waals surface area contributed by atoms with Crippen LogP contribution in [0.5, 0.6) is 0 Å². The van der Waals surface area contributed by atoms with Crippen molar-refractivity contribution in [3.05, 3.63) is 68.9 Å². The van der Waals surface area contributed by atoms with Crippen molar-refractivity contribution in [2.45, 2.75) is 13.3 Å². The molecule has 0 saturated heterocycles. The number of thiazole rings is 1. The molecule has 1 amide bonds. The summed E-state index contributed by atoms with van der Waals surface area (Å²) in [6, 6.07) is 11.2. The second-order valence-corrected chi connectivity index (χ2v) is 8.02. The lowest BCUT2D eigenvalue weighted by molar-refractivity contribution is -0.115. The number of amides is 1. The maximum atomic E-state index is 12.5. The molecule has 0 saturated carbocycles. The van der Waals surface area contributed by atoms with E-state index >= 15 is 0 Å². The normalized spacial score (nSPS) is 10.9. The Hall–Kier alpha value is -2.48. The first-order valence-electron chi connectivity index (χ1n) is 8.18. The van der Waals surface area contributed by atoms with Crippen molar-refractivity contribution >= 4 is 46.0 Å². The largest absolute Gasteiger partial charge is 0.310 e. The zero-order valence-electron chi connectivity index (χ0n) is 14.3. The van der Waals surface area contributed by atoms with Gasteiger partial charge in [-0.25, -0.2) is 9.67 Å². The summed E-state index contributed by atoms with van der Waals surface area (Å²) >= 11 is 9.25. The molecule has 5 nitrogen and oxygen atoms in total.